The number of rotatable bonds is 4. The number of nitrogens with two attached hydrogens (primary N) is 1. The van der Waals surface area contributed by atoms with Gasteiger partial charge in [-0.2, -0.15) is 0 Å². The number of hydrogen-bond acceptors (Lipinski definition) is 2. The average Bonchev–Trinajstić information content (AvgIpc) is 2.45. The second-order valence-electron chi connectivity index (χ2n) is 3.57. The zero-order chi connectivity index (χ0) is 10.6. The number of hydrogen-bond donors (Lipinski definition) is 1. The monoisotopic (exact) mass is 191 g/mol. The summed E-state index contributed by atoms with van der Waals surface area (Å²) in [6.07, 6.45) is 7.87. The highest BCUT2D eigenvalue weighted by Crippen LogP contribution is 2.23. The van der Waals surface area contributed by atoms with Gasteiger partial charge in [0, 0.05) is 18.0 Å². The van der Waals surface area contributed by atoms with Crippen molar-refractivity contribution in [2.24, 2.45) is 5.73 Å². The van der Waals surface area contributed by atoms with Gasteiger partial charge in [-0.1, -0.05) is 0 Å². The fraction of sp³-hybridized carbons (Fsp3) is 0.500. The molecular formula is C12H17NO. The first-order valence-corrected chi connectivity index (χ1v) is 4.91. The van der Waals surface area contributed by atoms with E-state index in [0.717, 1.165) is 36.3 Å². The van der Waals surface area contributed by atoms with Crippen molar-refractivity contribution in [1.82, 2.24) is 0 Å². The first kappa shape index (κ1) is 10.9. The van der Waals surface area contributed by atoms with Crippen molar-refractivity contribution >= 4 is 0 Å². The van der Waals surface area contributed by atoms with Crippen LogP contribution in [0.2, 0.25) is 0 Å². The van der Waals surface area contributed by atoms with Crippen LogP contribution in [0.5, 0.6) is 0 Å². The zero-order valence-electron chi connectivity index (χ0n) is 8.84. The van der Waals surface area contributed by atoms with Gasteiger partial charge in [-0.15, -0.1) is 12.3 Å². The Morgan fingerprint density at radius 2 is 2.29 bits per heavy atom. The summed E-state index contributed by atoms with van der Waals surface area (Å²) < 4.78 is 5.42. The average molecular weight is 191 g/mol. The van der Waals surface area contributed by atoms with Gasteiger partial charge in [-0.05, 0) is 32.8 Å². The van der Waals surface area contributed by atoms with Crippen LogP contribution in [0.15, 0.2) is 10.5 Å². The van der Waals surface area contributed by atoms with Crippen LogP contribution in [0.4, 0.5) is 0 Å². The molecular weight excluding hydrogens is 174 g/mol. The zero-order valence-corrected chi connectivity index (χ0v) is 8.84. The van der Waals surface area contributed by atoms with E-state index in [4.69, 9.17) is 16.6 Å². The maximum atomic E-state index is 6.02. The van der Waals surface area contributed by atoms with Crippen LogP contribution in [-0.4, -0.2) is 0 Å². The summed E-state index contributed by atoms with van der Waals surface area (Å²) in [6.45, 7) is 3.88. The van der Waals surface area contributed by atoms with Crippen LogP contribution in [0.3, 0.4) is 0 Å². The minimum absolute atomic E-state index is 0.0563. The fourth-order valence-corrected chi connectivity index (χ4v) is 1.60. The Morgan fingerprint density at radius 1 is 1.57 bits per heavy atom. The first-order chi connectivity index (χ1) is 6.65. The second-order valence-corrected chi connectivity index (χ2v) is 3.57. The molecule has 1 aromatic heterocycles. The molecule has 76 valence electrons. The van der Waals surface area contributed by atoms with Gasteiger partial charge in [-0.3, -0.25) is 0 Å². The van der Waals surface area contributed by atoms with E-state index >= 15 is 0 Å². The van der Waals surface area contributed by atoms with Gasteiger partial charge in [0.2, 0.25) is 0 Å². The van der Waals surface area contributed by atoms with Crippen molar-refractivity contribution in [2.75, 3.05) is 0 Å². The maximum Gasteiger partial charge on any atom is 0.105 e. The van der Waals surface area contributed by atoms with Crippen molar-refractivity contribution in [3.63, 3.8) is 0 Å². The van der Waals surface area contributed by atoms with Crippen molar-refractivity contribution in [3.8, 4) is 12.3 Å². The van der Waals surface area contributed by atoms with Crippen LogP contribution >= 0.6 is 0 Å². The lowest BCUT2D eigenvalue weighted by Gasteiger charge is -2.08. The Morgan fingerprint density at radius 3 is 2.79 bits per heavy atom. The Labute approximate surface area is 85.5 Å². The quantitative estimate of drug-likeness (QED) is 0.587. The Bertz CT molecular complexity index is 333. The summed E-state index contributed by atoms with van der Waals surface area (Å²) in [6, 6.07) is 2.07. The van der Waals surface area contributed by atoms with Gasteiger partial charge in [0.25, 0.3) is 0 Å². The minimum Gasteiger partial charge on any atom is -0.466 e. The molecule has 0 fully saturated rings. The molecule has 0 saturated carbocycles. The molecule has 1 aromatic rings. The molecule has 1 heterocycles. The van der Waals surface area contributed by atoms with Crippen molar-refractivity contribution in [2.45, 2.75) is 39.2 Å². The summed E-state index contributed by atoms with van der Waals surface area (Å²) in [4.78, 5) is 0. The predicted octanol–water partition coefficient (Wildman–Crippen LogP) is 2.70. The molecule has 0 spiro atoms. The van der Waals surface area contributed by atoms with E-state index in [-0.39, 0.29) is 6.04 Å². The first-order valence-electron chi connectivity index (χ1n) is 4.91. The van der Waals surface area contributed by atoms with E-state index < -0.39 is 0 Å². The molecule has 0 saturated heterocycles. The van der Waals surface area contributed by atoms with Gasteiger partial charge in [-0.25, -0.2) is 0 Å². The van der Waals surface area contributed by atoms with Gasteiger partial charge in [0.15, 0.2) is 0 Å². The second kappa shape index (κ2) is 4.88. The molecule has 0 aliphatic heterocycles. The maximum absolute atomic E-state index is 6.02. The SMILES string of the molecule is C#CCCCC(N)c1cc(C)oc1C. The lowest BCUT2D eigenvalue weighted by molar-refractivity contribution is 0.494. The molecule has 0 bridgehead atoms. The Hall–Kier alpha value is -1.20. The number of furan rings is 1. The summed E-state index contributed by atoms with van der Waals surface area (Å²) in [5.41, 5.74) is 7.13. The molecule has 2 N–H and O–H groups in total. The van der Waals surface area contributed by atoms with E-state index in [2.05, 4.69) is 5.92 Å². The molecule has 2 heteroatoms. The summed E-state index contributed by atoms with van der Waals surface area (Å²) in [5.74, 6) is 4.46. The number of terminal acetylenes is 1. The van der Waals surface area contributed by atoms with E-state index in [0.29, 0.717) is 0 Å². The van der Waals surface area contributed by atoms with E-state index in [1.165, 1.54) is 0 Å². The third-order valence-corrected chi connectivity index (χ3v) is 2.32. The minimum atomic E-state index is 0.0563. The van der Waals surface area contributed by atoms with Gasteiger partial charge in [0.1, 0.15) is 11.5 Å². The standard InChI is InChI=1S/C12H17NO/c1-4-5-6-7-12(13)11-8-9(2)14-10(11)3/h1,8,12H,5-7,13H2,2-3H3. The highest BCUT2D eigenvalue weighted by atomic mass is 16.3. The third-order valence-electron chi connectivity index (χ3n) is 2.32. The van der Waals surface area contributed by atoms with Crippen LogP contribution < -0.4 is 5.73 Å². The van der Waals surface area contributed by atoms with Crippen LogP contribution in [0, 0.1) is 26.2 Å². The van der Waals surface area contributed by atoms with Crippen molar-refractivity contribution in [3.05, 3.63) is 23.2 Å². The fourth-order valence-electron chi connectivity index (χ4n) is 1.60. The molecule has 14 heavy (non-hydrogen) atoms. The Kier molecular flexibility index (Phi) is 3.79. The molecule has 0 aromatic carbocycles. The predicted molar refractivity (Wildman–Crippen MR) is 57.8 cm³/mol. The van der Waals surface area contributed by atoms with Crippen molar-refractivity contribution < 1.29 is 4.42 Å². The molecule has 1 atom stereocenters. The molecule has 0 aliphatic rings. The lowest BCUT2D eigenvalue weighted by Crippen LogP contribution is -2.10. The lowest BCUT2D eigenvalue weighted by atomic mass is 10.0. The van der Waals surface area contributed by atoms with Gasteiger partial charge >= 0.3 is 0 Å². The van der Waals surface area contributed by atoms with Crippen LogP contribution in [0.25, 0.3) is 0 Å². The molecule has 0 aliphatic carbocycles. The summed E-state index contributed by atoms with van der Waals surface area (Å²) in [7, 11) is 0. The summed E-state index contributed by atoms with van der Waals surface area (Å²) in [5, 5.41) is 0. The number of unbranched alkanes of at least 4 members (excludes halogenated alkanes) is 1. The molecule has 2 nitrogen and oxygen atoms in total. The van der Waals surface area contributed by atoms with E-state index in [9.17, 15) is 0 Å². The molecule has 0 radical (unpaired) electrons. The largest absolute Gasteiger partial charge is 0.466 e. The summed E-state index contributed by atoms with van der Waals surface area (Å²) >= 11 is 0. The molecule has 1 unspecified atom stereocenters. The van der Waals surface area contributed by atoms with E-state index in [1.807, 2.05) is 19.9 Å². The highest BCUT2D eigenvalue weighted by molar-refractivity contribution is 5.23. The smallest absolute Gasteiger partial charge is 0.105 e. The molecule has 1 rings (SSSR count). The highest BCUT2D eigenvalue weighted by Gasteiger charge is 2.12. The van der Waals surface area contributed by atoms with Crippen molar-refractivity contribution in [1.29, 1.82) is 0 Å². The van der Waals surface area contributed by atoms with Crippen LogP contribution in [0.1, 0.15) is 42.4 Å². The van der Waals surface area contributed by atoms with E-state index in [1.54, 1.807) is 0 Å². The van der Waals surface area contributed by atoms with Crippen LogP contribution in [-0.2, 0) is 0 Å². The van der Waals surface area contributed by atoms with Gasteiger partial charge in [0.05, 0.1) is 0 Å². The number of aryl methyl sites for hydroxylation is 2. The Balaban J connectivity index is 2.56. The third kappa shape index (κ3) is 2.65. The normalized spacial score (nSPS) is 12.4. The molecule has 0 amide bonds. The van der Waals surface area contributed by atoms with Gasteiger partial charge < -0.3 is 10.2 Å². The topological polar surface area (TPSA) is 39.2 Å².